The first-order valence-electron chi connectivity index (χ1n) is 19.2. The van der Waals surface area contributed by atoms with E-state index in [9.17, 15) is 0 Å². The minimum absolute atomic E-state index is 0.886. The van der Waals surface area contributed by atoms with Gasteiger partial charge in [0, 0.05) is 32.6 Å². The lowest BCUT2D eigenvalue weighted by Crippen LogP contribution is -1.95. The Labute approximate surface area is 320 Å². The second kappa shape index (κ2) is 11.0. The highest BCUT2D eigenvalue weighted by atomic mass is 15.0. The fraction of sp³-hybridized carbons (Fsp3) is 0. The summed E-state index contributed by atoms with van der Waals surface area (Å²) in [6.45, 7) is 0. The van der Waals surface area contributed by atoms with Crippen LogP contribution in [0.25, 0.3) is 121 Å². The quantitative estimate of drug-likeness (QED) is 0.183. The Hall–Kier alpha value is -7.56. The lowest BCUT2D eigenvalue weighted by Gasteiger charge is -2.13. The van der Waals surface area contributed by atoms with Gasteiger partial charge in [0.15, 0.2) is 5.65 Å². The van der Waals surface area contributed by atoms with Crippen LogP contribution >= 0.6 is 0 Å². The van der Waals surface area contributed by atoms with Crippen LogP contribution in [0.2, 0.25) is 0 Å². The van der Waals surface area contributed by atoms with Gasteiger partial charge in [0.25, 0.3) is 0 Å². The van der Waals surface area contributed by atoms with E-state index in [2.05, 4.69) is 179 Å². The maximum atomic E-state index is 5.34. The average molecular weight is 711 g/mol. The summed E-state index contributed by atoms with van der Waals surface area (Å²) in [5, 5.41) is 11.0. The van der Waals surface area contributed by atoms with Crippen molar-refractivity contribution in [3.63, 3.8) is 0 Å². The number of para-hydroxylation sites is 2. The molecule has 56 heavy (non-hydrogen) atoms. The summed E-state index contributed by atoms with van der Waals surface area (Å²) < 4.78 is 4.86. The Balaban J connectivity index is 1.25. The van der Waals surface area contributed by atoms with E-state index in [0.29, 0.717) is 0 Å². The first-order chi connectivity index (χ1) is 27.8. The maximum Gasteiger partial charge on any atom is 0.165 e. The lowest BCUT2D eigenvalue weighted by molar-refractivity contribution is 1.19. The van der Waals surface area contributed by atoms with E-state index in [1.54, 1.807) is 0 Å². The topological polar surface area (TPSA) is 35.1 Å². The molecule has 13 rings (SSSR count). The van der Waals surface area contributed by atoms with Gasteiger partial charge in [-0.2, -0.15) is 0 Å². The second-order valence-electron chi connectivity index (χ2n) is 15.0. The molecule has 4 heteroatoms. The molecule has 0 saturated carbocycles. The predicted octanol–water partition coefficient (Wildman–Crippen LogP) is 13.5. The van der Waals surface area contributed by atoms with Gasteiger partial charge in [0.05, 0.1) is 33.1 Å². The van der Waals surface area contributed by atoms with E-state index in [1.165, 1.54) is 76.4 Å². The van der Waals surface area contributed by atoms with Gasteiger partial charge in [-0.05, 0) is 86.3 Å². The molecule has 0 aliphatic rings. The minimum atomic E-state index is 0.886. The zero-order valence-corrected chi connectivity index (χ0v) is 30.1. The van der Waals surface area contributed by atoms with E-state index in [0.717, 1.165) is 44.3 Å². The molecule has 0 aliphatic heterocycles. The predicted molar refractivity (Wildman–Crippen MR) is 234 cm³/mol. The van der Waals surface area contributed by atoms with Gasteiger partial charge < -0.3 is 4.57 Å². The second-order valence-corrected chi connectivity index (χ2v) is 15.0. The van der Waals surface area contributed by atoms with Gasteiger partial charge in [-0.3, -0.25) is 4.40 Å². The normalized spacial score (nSPS) is 12.3. The molecule has 0 saturated heterocycles. The Morgan fingerprint density at radius 3 is 1.86 bits per heavy atom. The van der Waals surface area contributed by atoms with Crippen LogP contribution < -0.4 is 0 Å². The largest absolute Gasteiger partial charge is 0.309 e. The van der Waals surface area contributed by atoms with Gasteiger partial charge in [-0.25, -0.2) is 9.97 Å². The molecule has 4 aromatic heterocycles. The van der Waals surface area contributed by atoms with E-state index >= 15 is 0 Å². The fourth-order valence-electron chi connectivity index (χ4n) is 9.58. The SMILES string of the molecule is c1ccc(-c2ccc3c4c5ccccc5c(-c5ccccc5)cc4n(-c4cc5c6nc7ccccc7nc6n6c7ccc8ccccc8c7c(c4)c56)c3c2)cc1. The highest BCUT2D eigenvalue weighted by Crippen LogP contribution is 2.46. The van der Waals surface area contributed by atoms with Crippen LogP contribution in [0.15, 0.2) is 182 Å². The Bertz CT molecular complexity index is 3730. The zero-order chi connectivity index (χ0) is 36.5. The van der Waals surface area contributed by atoms with Crippen molar-refractivity contribution in [2.24, 2.45) is 0 Å². The third-order valence-corrected chi connectivity index (χ3v) is 12.0. The summed E-state index contributed by atoms with van der Waals surface area (Å²) in [5.41, 5.74) is 14.1. The van der Waals surface area contributed by atoms with Crippen LogP contribution in [-0.2, 0) is 0 Å². The fourth-order valence-corrected chi connectivity index (χ4v) is 9.58. The molecule has 0 bridgehead atoms. The molecule has 4 heterocycles. The summed E-state index contributed by atoms with van der Waals surface area (Å²) in [4.78, 5) is 10.6. The van der Waals surface area contributed by atoms with Crippen molar-refractivity contribution in [3.8, 4) is 27.9 Å². The molecule has 0 aliphatic carbocycles. The summed E-state index contributed by atoms with van der Waals surface area (Å²) in [5.74, 6) is 0. The van der Waals surface area contributed by atoms with Crippen LogP contribution in [-0.4, -0.2) is 18.9 Å². The maximum absolute atomic E-state index is 5.34. The van der Waals surface area contributed by atoms with Gasteiger partial charge in [-0.15, -0.1) is 0 Å². The van der Waals surface area contributed by atoms with Crippen molar-refractivity contribution in [2.75, 3.05) is 0 Å². The van der Waals surface area contributed by atoms with Crippen LogP contribution in [0.5, 0.6) is 0 Å². The molecule has 0 atom stereocenters. The van der Waals surface area contributed by atoms with Crippen molar-refractivity contribution < 1.29 is 0 Å². The van der Waals surface area contributed by atoms with Crippen LogP contribution in [0.4, 0.5) is 0 Å². The number of hydrogen-bond acceptors (Lipinski definition) is 2. The number of benzene rings is 9. The molecule has 0 radical (unpaired) electrons. The number of nitrogens with zero attached hydrogens (tertiary/aromatic N) is 4. The van der Waals surface area contributed by atoms with Gasteiger partial charge in [0.1, 0.15) is 5.52 Å². The summed E-state index contributed by atoms with van der Waals surface area (Å²) in [6, 6.07) is 66.0. The Morgan fingerprint density at radius 2 is 1.04 bits per heavy atom. The number of aromatic nitrogens is 4. The van der Waals surface area contributed by atoms with E-state index in [4.69, 9.17) is 9.97 Å². The summed E-state index contributed by atoms with van der Waals surface area (Å²) in [6.07, 6.45) is 0. The van der Waals surface area contributed by atoms with Crippen molar-refractivity contribution in [2.45, 2.75) is 0 Å². The molecule has 0 unspecified atom stereocenters. The van der Waals surface area contributed by atoms with Gasteiger partial charge in [0.2, 0.25) is 0 Å². The number of rotatable bonds is 3. The van der Waals surface area contributed by atoms with Crippen molar-refractivity contribution >= 4 is 92.7 Å². The molecule has 4 nitrogen and oxygen atoms in total. The highest BCUT2D eigenvalue weighted by molar-refractivity contribution is 6.29. The van der Waals surface area contributed by atoms with Crippen LogP contribution in [0.1, 0.15) is 0 Å². The monoisotopic (exact) mass is 710 g/mol. The summed E-state index contributed by atoms with van der Waals surface area (Å²) >= 11 is 0. The molecule has 258 valence electrons. The zero-order valence-electron chi connectivity index (χ0n) is 30.1. The van der Waals surface area contributed by atoms with Gasteiger partial charge >= 0.3 is 0 Å². The van der Waals surface area contributed by atoms with Crippen molar-refractivity contribution in [1.29, 1.82) is 0 Å². The first-order valence-corrected chi connectivity index (χ1v) is 19.2. The molecular formula is C52H30N4. The van der Waals surface area contributed by atoms with Crippen LogP contribution in [0.3, 0.4) is 0 Å². The molecule has 0 fully saturated rings. The van der Waals surface area contributed by atoms with Crippen molar-refractivity contribution in [1.82, 2.24) is 18.9 Å². The summed E-state index contributed by atoms with van der Waals surface area (Å²) in [7, 11) is 0. The molecular weight excluding hydrogens is 681 g/mol. The average Bonchev–Trinajstić information content (AvgIpc) is 3.90. The van der Waals surface area contributed by atoms with Crippen LogP contribution in [0, 0.1) is 0 Å². The Morgan fingerprint density at radius 1 is 0.375 bits per heavy atom. The molecule has 0 amide bonds. The lowest BCUT2D eigenvalue weighted by atomic mass is 9.94. The standard InChI is InChI=1S/C52H30N4/c1-3-13-31(14-4-1)34-23-25-39-46(27-34)55(47-30-40(32-15-5-2-6-16-32)37-19-9-10-20-38(37)49(39)47)35-28-41-48-36-18-8-7-17-33(36)24-26-45(48)56-51(41)42(29-35)50-52(56)54-44-22-12-11-21-43(44)53-50/h1-30H. The molecule has 0 N–H and O–H groups in total. The smallest absolute Gasteiger partial charge is 0.165 e. The molecule has 0 spiro atoms. The minimum Gasteiger partial charge on any atom is -0.309 e. The molecule has 9 aromatic carbocycles. The van der Waals surface area contributed by atoms with Gasteiger partial charge in [-0.1, -0.05) is 140 Å². The van der Waals surface area contributed by atoms with Crippen molar-refractivity contribution in [3.05, 3.63) is 182 Å². The van der Waals surface area contributed by atoms with E-state index in [1.807, 2.05) is 12.1 Å². The first kappa shape index (κ1) is 29.8. The van der Waals surface area contributed by atoms with E-state index in [-0.39, 0.29) is 0 Å². The third kappa shape index (κ3) is 3.97. The number of fused-ring (bicyclic) bond motifs is 14. The molecule has 13 aromatic rings. The Kier molecular flexibility index (Phi) is 5.86. The van der Waals surface area contributed by atoms with E-state index < -0.39 is 0 Å². The third-order valence-electron chi connectivity index (χ3n) is 12.0. The highest BCUT2D eigenvalue weighted by Gasteiger charge is 2.25. The number of hydrogen-bond donors (Lipinski definition) is 0.